The highest BCUT2D eigenvalue weighted by Crippen LogP contribution is 2.13. The van der Waals surface area contributed by atoms with Crippen LogP contribution in [-0.2, 0) is 25.9 Å². The van der Waals surface area contributed by atoms with E-state index in [2.05, 4.69) is 20.8 Å². The molecule has 1 aliphatic heterocycles. The molecule has 1 aromatic heterocycles. The summed E-state index contributed by atoms with van der Waals surface area (Å²) in [4.78, 5) is 23.1. The molecule has 2 heterocycles. The lowest BCUT2D eigenvalue weighted by Gasteiger charge is -2.20. The molecule has 9 nitrogen and oxygen atoms in total. The van der Waals surface area contributed by atoms with Crippen molar-refractivity contribution in [2.24, 2.45) is 7.05 Å². The number of hydrogen-bond donors (Lipinski definition) is 1. The molecular weight excluding hydrogens is 309 g/mol. The third-order valence-electron chi connectivity index (χ3n) is 2.78. The fourth-order valence-electron chi connectivity index (χ4n) is 1.82. The lowest BCUT2D eigenvalue weighted by molar-refractivity contribution is -0.134. The van der Waals surface area contributed by atoms with Crippen molar-refractivity contribution < 1.29 is 20.3 Å². The summed E-state index contributed by atoms with van der Waals surface area (Å²) in [6.45, 7) is 1.64. The Kier molecular flexibility index (Phi) is 5.96. The van der Waals surface area contributed by atoms with Gasteiger partial charge in [-0.25, -0.2) is 4.68 Å². The highest BCUT2D eigenvalue weighted by Gasteiger charge is 2.34. The van der Waals surface area contributed by atoms with Gasteiger partial charge in [0, 0.05) is 15.4 Å². The molecule has 120 valence electrons. The zero-order chi connectivity index (χ0) is 15.9. The van der Waals surface area contributed by atoms with E-state index in [1.165, 1.54) is 23.4 Å². The monoisotopic (exact) mass is 327 g/mol. The van der Waals surface area contributed by atoms with Gasteiger partial charge in [-0.1, -0.05) is 23.9 Å². The smallest absolute Gasteiger partial charge is 0.508 e. The van der Waals surface area contributed by atoms with Gasteiger partial charge in [0.1, 0.15) is 0 Å². The van der Waals surface area contributed by atoms with Gasteiger partial charge >= 0.3 is 7.12 Å². The van der Waals surface area contributed by atoms with E-state index in [1.54, 1.807) is 7.05 Å². The second kappa shape index (κ2) is 7.94. The van der Waals surface area contributed by atoms with Gasteiger partial charge in [-0.3, -0.25) is 9.59 Å². The zero-order valence-electron chi connectivity index (χ0n) is 12.3. The second-order valence-corrected chi connectivity index (χ2v) is 5.51. The van der Waals surface area contributed by atoms with Crippen molar-refractivity contribution >= 4 is 30.8 Å². The maximum atomic E-state index is 12.0. The van der Waals surface area contributed by atoms with E-state index >= 15 is 0 Å². The Labute approximate surface area is 133 Å². The van der Waals surface area contributed by atoms with Crippen molar-refractivity contribution in [3.8, 4) is 0 Å². The van der Waals surface area contributed by atoms with E-state index in [0.29, 0.717) is 18.2 Å². The molecular formula is C11H18BN5O4S. The Balaban J connectivity index is 0.00000264. The van der Waals surface area contributed by atoms with Crippen molar-refractivity contribution in [3.63, 3.8) is 0 Å². The van der Waals surface area contributed by atoms with Gasteiger partial charge < -0.3 is 14.6 Å². The molecule has 0 radical (unpaired) electrons. The molecule has 0 saturated carbocycles. The molecule has 2 rings (SSSR count). The van der Waals surface area contributed by atoms with E-state index in [0.717, 1.165) is 0 Å². The Morgan fingerprint density at radius 2 is 2.45 bits per heavy atom. The summed E-state index contributed by atoms with van der Waals surface area (Å²) in [6.07, 6.45) is 4.23. The number of amides is 1. The number of carbonyl (C=O) groups excluding carboxylic acids is 2. The molecule has 1 N–H and O–H groups in total. The number of hydrogen-bond acceptors (Lipinski definition) is 8. The van der Waals surface area contributed by atoms with Crippen molar-refractivity contribution in [1.82, 2.24) is 25.5 Å². The average Bonchev–Trinajstić information content (AvgIpc) is 2.75. The summed E-state index contributed by atoms with van der Waals surface area (Å²) in [5.41, 5.74) is 0. The van der Waals surface area contributed by atoms with Gasteiger partial charge in [0.05, 0.1) is 18.3 Å². The van der Waals surface area contributed by atoms with E-state index < -0.39 is 19.0 Å². The predicted octanol–water partition coefficient (Wildman–Crippen LogP) is -0.400. The topological polar surface area (TPSA) is 108 Å². The molecule has 1 atom stereocenters. The van der Waals surface area contributed by atoms with Crippen LogP contribution in [-0.4, -0.2) is 57.5 Å². The van der Waals surface area contributed by atoms with E-state index in [9.17, 15) is 9.59 Å². The van der Waals surface area contributed by atoms with Gasteiger partial charge in [0.2, 0.25) is 11.1 Å². The highest BCUT2D eigenvalue weighted by atomic mass is 32.2. The normalized spacial score (nSPS) is 17.9. The molecule has 0 aliphatic carbocycles. The third kappa shape index (κ3) is 4.84. The van der Waals surface area contributed by atoms with Gasteiger partial charge in [0.15, 0.2) is 0 Å². The summed E-state index contributed by atoms with van der Waals surface area (Å²) in [6, 6.07) is 0. The number of carbonyl (C=O) groups is 2. The average molecular weight is 327 g/mol. The maximum absolute atomic E-state index is 12.0. The molecule has 0 spiro atoms. The standard InChI is InChI=1S/C11H16BN5O4S.H2/c1-8(18)21-12-9(5-3-4-6-20-12)13-10(19)7-22-11-14-15-16-17(11)2;/h3-4,9H,5-7H2,1-2H3,(H,13,19);1H/t9-;/m0./s1. The number of aromatic nitrogens is 4. The van der Waals surface area contributed by atoms with E-state index in [1.807, 2.05) is 12.2 Å². The van der Waals surface area contributed by atoms with E-state index in [-0.39, 0.29) is 13.1 Å². The van der Waals surface area contributed by atoms with Crippen LogP contribution in [0.25, 0.3) is 0 Å². The van der Waals surface area contributed by atoms with Crippen LogP contribution in [0.1, 0.15) is 14.8 Å². The molecule has 22 heavy (non-hydrogen) atoms. The molecule has 0 saturated heterocycles. The Bertz CT molecular complexity index is 572. The van der Waals surface area contributed by atoms with Gasteiger partial charge in [0.25, 0.3) is 5.97 Å². The Hall–Kier alpha value is -1.88. The Morgan fingerprint density at radius 3 is 3.14 bits per heavy atom. The van der Waals surface area contributed by atoms with E-state index in [4.69, 9.17) is 9.31 Å². The Morgan fingerprint density at radius 1 is 1.64 bits per heavy atom. The van der Waals surface area contributed by atoms with Crippen molar-refractivity contribution in [2.45, 2.75) is 24.4 Å². The number of nitrogens with zero attached hydrogens (tertiary/aromatic N) is 4. The van der Waals surface area contributed by atoms with Crippen LogP contribution < -0.4 is 5.32 Å². The van der Waals surface area contributed by atoms with Gasteiger partial charge in [-0.15, -0.1) is 5.10 Å². The number of aryl methyl sites for hydroxylation is 1. The lowest BCUT2D eigenvalue weighted by atomic mass is 9.76. The molecule has 1 aliphatic rings. The first-order valence-electron chi connectivity index (χ1n) is 6.64. The SMILES string of the molecule is CC(=O)OB1OCC=CC[C@@H]1NC(=O)CSc1nnnn1C.[HH]. The number of thioether (sulfide) groups is 1. The first kappa shape index (κ1) is 16.5. The highest BCUT2D eigenvalue weighted by molar-refractivity contribution is 7.99. The molecule has 1 aromatic rings. The minimum atomic E-state index is -0.794. The third-order valence-corrected chi connectivity index (χ3v) is 3.79. The maximum Gasteiger partial charge on any atom is 0.551 e. The van der Waals surface area contributed by atoms with Gasteiger partial charge in [-0.05, 0) is 16.8 Å². The van der Waals surface area contributed by atoms with Crippen molar-refractivity contribution in [2.75, 3.05) is 12.4 Å². The molecule has 0 unspecified atom stereocenters. The second-order valence-electron chi connectivity index (χ2n) is 4.57. The summed E-state index contributed by atoms with van der Waals surface area (Å²) in [5.74, 6) is -0.936. The fraction of sp³-hybridized carbons (Fsp3) is 0.545. The predicted molar refractivity (Wildman–Crippen MR) is 80.8 cm³/mol. The first-order valence-corrected chi connectivity index (χ1v) is 7.63. The van der Waals surface area contributed by atoms with Crippen LogP contribution in [0, 0.1) is 0 Å². The van der Waals surface area contributed by atoms with Gasteiger partial charge in [-0.2, -0.15) is 0 Å². The summed E-state index contributed by atoms with van der Waals surface area (Å²) in [7, 11) is 0.902. The van der Waals surface area contributed by atoms with Crippen LogP contribution >= 0.6 is 11.8 Å². The summed E-state index contributed by atoms with van der Waals surface area (Å²) < 4.78 is 12.0. The minimum Gasteiger partial charge on any atom is -0.508 e. The fourth-order valence-corrected chi connectivity index (χ4v) is 2.48. The number of rotatable bonds is 5. The first-order chi connectivity index (χ1) is 10.6. The van der Waals surface area contributed by atoms with Crippen LogP contribution in [0.3, 0.4) is 0 Å². The summed E-state index contributed by atoms with van der Waals surface area (Å²) in [5, 5.41) is 14.3. The molecule has 11 heteroatoms. The lowest BCUT2D eigenvalue weighted by Crippen LogP contribution is -2.49. The zero-order valence-corrected chi connectivity index (χ0v) is 13.1. The molecule has 0 fully saturated rings. The van der Waals surface area contributed by atoms with Crippen LogP contribution in [0.2, 0.25) is 0 Å². The molecule has 1 amide bonds. The van der Waals surface area contributed by atoms with Crippen LogP contribution in [0.4, 0.5) is 0 Å². The van der Waals surface area contributed by atoms with Crippen molar-refractivity contribution in [1.29, 1.82) is 0 Å². The number of nitrogens with one attached hydrogen (secondary N) is 1. The quantitative estimate of drug-likeness (QED) is 0.442. The number of tetrazole rings is 1. The van der Waals surface area contributed by atoms with Crippen LogP contribution in [0.15, 0.2) is 17.3 Å². The molecule has 0 aromatic carbocycles. The van der Waals surface area contributed by atoms with Crippen LogP contribution in [0.5, 0.6) is 0 Å². The summed E-state index contributed by atoms with van der Waals surface area (Å²) >= 11 is 1.22. The molecule has 0 bridgehead atoms. The largest absolute Gasteiger partial charge is 0.551 e. The minimum absolute atomic E-state index is 0. The van der Waals surface area contributed by atoms with Crippen molar-refractivity contribution in [3.05, 3.63) is 12.2 Å².